The summed E-state index contributed by atoms with van der Waals surface area (Å²) in [7, 11) is 0. The van der Waals surface area contributed by atoms with Gasteiger partial charge in [-0.05, 0) is 30.5 Å². The molecular formula is C16H25BrN2. The molecule has 0 spiro atoms. The van der Waals surface area contributed by atoms with Gasteiger partial charge in [-0.1, -0.05) is 48.3 Å². The Hall–Kier alpha value is -0.380. The highest BCUT2D eigenvalue weighted by Crippen LogP contribution is 2.18. The van der Waals surface area contributed by atoms with Gasteiger partial charge in [-0.15, -0.1) is 0 Å². The van der Waals surface area contributed by atoms with Crippen molar-refractivity contribution < 1.29 is 0 Å². The Morgan fingerprint density at radius 3 is 2.63 bits per heavy atom. The third-order valence-electron chi connectivity index (χ3n) is 4.02. The number of benzene rings is 1. The summed E-state index contributed by atoms with van der Waals surface area (Å²) in [6.45, 7) is 7.96. The monoisotopic (exact) mass is 324 g/mol. The fraction of sp³-hybridized carbons (Fsp3) is 0.625. The zero-order valence-electron chi connectivity index (χ0n) is 12.0. The van der Waals surface area contributed by atoms with E-state index in [-0.39, 0.29) is 0 Å². The highest BCUT2D eigenvalue weighted by atomic mass is 79.9. The van der Waals surface area contributed by atoms with E-state index in [1.807, 2.05) is 0 Å². The van der Waals surface area contributed by atoms with E-state index in [4.69, 9.17) is 0 Å². The number of nitrogens with one attached hydrogen (secondary N) is 1. The summed E-state index contributed by atoms with van der Waals surface area (Å²) < 4.78 is 1.16. The largest absolute Gasteiger partial charge is 0.311 e. The smallest absolute Gasteiger partial charge is 0.0237 e. The molecule has 0 aliphatic carbocycles. The molecule has 1 saturated heterocycles. The lowest BCUT2D eigenvalue weighted by molar-refractivity contribution is 0.115. The topological polar surface area (TPSA) is 15.3 Å². The summed E-state index contributed by atoms with van der Waals surface area (Å²) in [5.74, 6) is 0. The summed E-state index contributed by atoms with van der Waals surface area (Å²) >= 11 is 3.50. The van der Waals surface area contributed by atoms with Crippen molar-refractivity contribution in [3.8, 4) is 0 Å². The van der Waals surface area contributed by atoms with Crippen LogP contribution in [0.5, 0.6) is 0 Å². The van der Waals surface area contributed by atoms with E-state index in [2.05, 4.69) is 64.3 Å². The molecule has 0 amide bonds. The van der Waals surface area contributed by atoms with Gasteiger partial charge in [0, 0.05) is 36.2 Å². The molecule has 19 heavy (non-hydrogen) atoms. The Morgan fingerprint density at radius 1 is 1.26 bits per heavy atom. The van der Waals surface area contributed by atoms with Crippen molar-refractivity contribution in [1.29, 1.82) is 0 Å². The van der Waals surface area contributed by atoms with Crippen LogP contribution in [0.15, 0.2) is 28.7 Å². The van der Waals surface area contributed by atoms with Crippen LogP contribution in [0.4, 0.5) is 0 Å². The van der Waals surface area contributed by atoms with Gasteiger partial charge < -0.3 is 5.32 Å². The lowest BCUT2D eigenvalue weighted by atomic mass is 10.0. The quantitative estimate of drug-likeness (QED) is 0.886. The first-order chi connectivity index (χ1) is 9.22. The molecule has 0 radical (unpaired) electrons. The molecule has 1 aromatic rings. The van der Waals surface area contributed by atoms with E-state index in [9.17, 15) is 0 Å². The van der Waals surface area contributed by atoms with E-state index in [1.165, 1.54) is 31.4 Å². The van der Waals surface area contributed by atoms with Crippen molar-refractivity contribution in [2.75, 3.05) is 13.1 Å². The minimum Gasteiger partial charge on any atom is -0.311 e. The molecule has 3 heteroatoms. The predicted octanol–water partition coefficient (Wildman–Crippen LogP) is 3.80. The normalized spacial score (nSPS) is 24.6. The number of piperazine rings is 1. The van der Waals surface area contributed by atoms with Gasteiger partial charge in [0.05, 0.1) is 0 Å². The van der Waals surface area contributed by atoms with Gasteiger partial charge in [-0.2, -0.15) is 0 Å². The maximum Gasteiger partial charge on any atom is 0.0237 e. The molecule has 1 aliphatic rings. The Labute approximate surface area is 125 Å². The molecule has 106 valence electrons. The van der Waals surface area contributed by atoms with Crippen LogP contribution in [0.2, 0.25) is 0 Å². The van der Waals surface area contributed by atoms with Crippen LogP contribution in [0.1, 0.15) is 38.7 Å². The molecule has 1 N–H and O–H groups in total. The third kappa shape index (κ3) is 4.30. The summed E-state index contributed by atoms with van der Waals surface area (Å²) in [6.07, 6.45) is 3.77. The fourth-order valence-electron chi connectivity index (χ4n) is 2.89. The summed E-state index contributed by atoms with van der Waals surface area (Å²) in [6, 6.07) is 10.1. The Balaban J connectivity index is 1.99. The van der Waals surface area contributed by atoms with Gasteiger partial charge >= 0.3 is 0 Å². The number of nitrogens with zero attached hydrogens (tertiary/aromatic N) is 1. The Kier molecular flexibility index (Phi) is 5.86. The SMILES string of the molecule is CCCC1CN(Cc2ccc(Br)cc2)C(CC)CN1. The van der Waals surface area contributed by atoms with Gasteiger partial charge in [-0.3, -0.25) is 4.90 Å². The van der Waals surface area contributed by atoms with Crippen molar-refractivity contribution in [1.82, 2.24) is 10.2 Å². The first-order valence-corrected chi connectivity index (χ1v) is 8.24. The summed E-state index contributed by atoms with van der Waals surface area (Å²) in [5, 5.41) is 3.70. The standard InChI is InChI=1S/C16H25BrN2/c1-3-5-15-12-19(16(4-2)10-18-15)11-13-6-8-14(17)9-7-13/h6-9,15-16,18H,3-5,10-12H2,1-2H3. The molecule has 0 saturated carbocycles. The van der Waals surface area contributed by atoms with E-state index in [1.54, 1.807) is 0 Å². The third-order valence-corrected chi connectivity index (χ3v) is 4.55. The van der Waals surface area contributed by atoms with E-state index < -0.39 is 0 Å². The Morgan fingerprint density at radius 2 is 2.00 bits per heavy atom. The van der Waals surface area contributed by atoms with Crippen molar-refractivity contribution in [3.63, 3.8) is 0 Å². The second kappa shape index (κ2) is 7.41. The number of hydrogen-bond acceptors (Lipinski definition) is 2. The van der Waals surface area contributed by atoms with Gasteiger partial charge in [0.2, 0.25) is 0 Å². The van der Waals surface area contributed by atoms with Gasteiger partial charge in [0.25, 0.3) is 0 Å². The zero-order valence-corrected chi connectivity index (χ0v) is 13.6. The van der Waals surface area contributed by atoms with Crippen molar-refractivity contribution >= 4 is 15.9 Å². The van der Waals surface area contributed by atoms with Crippen LogP contribution in [-0.4, -0.2) is 30.1 Å². The lowest BCUT2D eigenvalue weighted by Crippen LogP contribution is -2.55. The van der Waals surface area contributed by atoms with Crippen molar-refractivity contribution in [2.24, 2.45) is 0 Å². The summed E-state index contributed by atoms with van der Waals surface area (Å²) in [4.78, 5) is 2.65. The van der Waals surface area contributed by atoms with Crippen LogP contribution in [0, 0.1) is 0 Å². The van der Waals surface area contributed by atoms with E-state index in [0.717, 1.165) is 17.6 Å². The molecule has 2 unspecified atom stereocenters. The average Bonchev–Trinajstić information content (AvgIpc) is 2.42. The summed E-state index contributed by atoms with van der Waals surface area (Å²) in [5.41, 5.74) is 1.42. The molecule has 2 rings (SSSR count). The molecule has 0 aromatic heterocycles. The van der Waals surface area contributed by atoms with Crippen molar-refractivity contribution in [2.45, 2.75) is 51.7 Å². The minimum atomic E-state index is 0.670. The second-order valence-electron chi connectivity index (χ2n) is 5.51. The predicted molar refractivity (Wildman–Crippen MR) is 85.3 cm³/mol. The fourth-order valence-corrected chi connectivity index (χ4v) is 3.16. The molecule has 0 bridgehead atoms. The van der Waals surface area contributed by atoms with Gasteiger partial charge in [-0.25, -0.2) is 0 Å². The molecule has 1 fully saturated rings. The maximum atomic E-state index is 3.70. The lowest BCUT2D eigenvalue weighted by Gasteiger charge is -2.40. The average molecular weight is 325 g/mol. The van der Waals surface area contributed by atoms with Crippen LogP contribution < -0.4 is 5.32 Å². The van der Waals surface area contributed by atoms with Crippen LogP contribution in [-0.2, 0) is 6.54 Å². The highest BCUT2D eigenvalue weighted by Gasteiger charge is 2.25. The molecule has 1 aromatic carbocycles. The van der Waals surface area contributed by atoms with Gasteiger partial charge in [0.15, 0.2) is 0 Å². The number of hydrogen-bond donors (Lipinski definition) is 1. The first-order valence-electron chi connectivity index (χ1n) is 7.44. The maximum absolute atomic E-state index is 3.70. The highest BCUT2D eigenvalue weighted by molar-refractivity contribution is 9.10. The van der Waals surface area contributed by atoms with E-state index in [0.29, 0.717) is 12.1 Å². The molecule has 1 heterocycles. The number of rotatable bonds is 5. The van der Waals surface area contributed by atoms with E-state index >= 15 is 0 Å². The van der Waals surface area contributed by atoms with Crippen molar-refractivity contribution in [3.05, 3.63) is 34.3 Å². The molecular weight excluding hydrogens is 300 g/mol. The zero-order chi connectivity index (χ0) is 13.7. The number of halogens is 1. The minimum absolute atomic E-state index is 0.670. The first kappa shape index (κ1) is 15.0. The second-order valence-corrected chi connectivity index (χ2v) is 6.43. The van der Waals surface area contributed by atoms with Gasteiger partial charge in [0.1, 0.15) is 0 Å². The molecule has 1 aliphatic heterocycles. The Bertz CT molecular complexity index is 377. The molecule has 2 nitrogen and oxygen atoms in total. The van der Waals surface area contributed by atoms with Crippen LogP contribution >= 0.6 is 15.9 Å². The van der Waals surface area contributed by atoms with Crippen LogP contribution in [0.3, 0.4) is 0 Å². The molecule has 2 atom stereocenters. The van der Waals surface area contributed by atoms with Crippen LogP contribution in [0.25, 0.3) is 0 Å².